The highest BCUT2D eigenvalue weighted by molar-refractivity contribution is 7.53. The molecule has 1 unspecified atom stereocenters. The Labute approximate surface area is 130 Å². The highest BCUT2D eigenvalue weighted by atomic mass is 31.2. The second-order valence-electron chi connectivity index (χ2n) is 5.82. The number of nitrogens with one attached hydrogen (secondary N) is 1. The maximum atomic E-state index is 11.7. The molecule has 22 heavy (non-hydrogen) atoms. The molecule has 0 spiro atoms. The monoisotopic (exact) mass is 328 g/mol. The number of likely N-dealkylation sites (N-methyl/N-ethyl adjacent to an activating group) is 1. The van der Waals surface area contributed by atoms with Gasteiger partial charge in [0.05, 0.1) is 33.5 Å². The van der Waals surface area contributed by atoms with Gasteiger partial charge in [-0.1, -0.05) is 19.1 Å². The molecule has 2 N–H and O–H groups in total. The number of hydrazone groups is 1. The van der Waals surface area contributed by atoms with Crippen LogP contribution in [0.5, 0.6) is 5.75 Å². The summed E-state index contributed by atoms with van der Waals surface area (Å²) >= 11 is 0. The molecule has 1 aromatic carbocycles. The first-order valence-electron chi connectivity index (χ1n) is 6.86. The standard InChI is InChI=1S/C14H22N3O4P/c1-5-22(19,20)21-13-9-7-6-8-12(13)10-15-16-14(18)11-17(2,3)4/h6-10H,5,11H2,1-4H3,(H-,16,18,19,20)/p+1/b15-10-. The minimum Gasteiger partial charge on any atom is -0.424 e. The van der Waals surface area contributed by atoms with Crippen LogP contribution in [0.2, 0.25) is 0 Å². The van der Waals surface area contributed by atoms with Crippen molar-refractivity contribution < 1.29 is 23.3 Å². The molecular formula is C14H23N3O4P+. The molecular weight excluding hydrogens is 305 g/mol. The number of carbonyl (C=O) groups is 1. The van der Waals surface area contributed by atoms with Crippen molar-refractivity contribution in [3.05, 3.63) is 29.8 Å². The fourth-order valence-corrected chi connectivity index (χ4v) is 2.13. The molecule has 8 heteroatoms. The summed E-state index contributed by atoms with van der Waals surface area (Å²) in [6, 6.07) is 6.70. The number of rotatable bonds is 7. The predicted octanol–water partition coefficient (Wildman–Crippen LogP) is 1.43. The van der Waals surface area contributed by atoms with E-state index < -0.39 is 7.60 Å². The maximum Gasteiger partial charge on any atom is 0.376 e. The van der Waals surface area contributed by atoms with E-state index in [1.165, 1.54) is 6.21 Å². The van der Waals surface area contributed by atoms with Crippen LogP contribution in [0.1, 0.15) is 12.5 Å². The molecule has 0 fully saturated rings. The van der Waals surface area contributed by atoms with Crippen LogP contribution in [0.25, 0.3) is 0 Å². The van der Waals surface area contributed by atoms with Crippen molar-refractivity contribution in [3.63, 3.8) is 0 Å². The molecule has 0 saturated carbocycles. The molecule has 1 atom stereocenters. The lowest BCUT2D eigenvalue weighted by molar-refractivity contribution is -0.862. The number of hydrogen-bond acceptors (Lipinski definition) is 4. The van der Waals surface area contributed by atoms with Crippen molar-refractivity contribution in [3.8, 4) is 5.75 Å². The van der Waals surface area contributed by atoms with Gasteiger partial charge in [0.1, 0.15) is 5.75 Å². The Bertz CT molecular complexity index is 596. The van der Waals surface area contributed by atoms with Crippen molar-refractivity contribution in [1.29, 1.82) is 0 Å². The van der Waals surface area contributed by atoms with Crippen LogP contribution in [0.3, 0.4) is 0 Å². The average Bonchev–Trinajstić information content (AvgIpc) is 2.38. The molecule has 7 nitrogen and oxygen atoms in total. The summed E-state index contributed by atoms with van der Waals surface area (Å²) < 4.78 is 17.3. The average molecular weight is 328 g/mol. The van der Waals surface area contributed by atoms with Crippen molar-refractivity contribution in [1.82, 2.24) is 5.43 Å². The quantitative estimate of drug-likeness (QED) is 0.343. The van der Waals surface area contributed by atoms with E-state index in [0.29, 0.717) is 10.0 Å². The summed E-state index contributed by atoms with van der Waals surface area (Å²) in [5, 5.41) is 3.86. The molecule has 0 aliphatic carbocycles. The number of carbonyl (C=O) groups excluding carboxylic acids is 1. The Morgan fingerprint density at radius 2 is 2.05 bits per heavy atom. The molecule has 0 saturated heterocycles. The third-order valence-electron chi connectivity index (χ3n) is 2.57. The van der Waals surface area contributed by atoms with Crippen LogP contribution < -0.4 is 9.95 Å². The number of para-hydroxylation sites is 1. The first-order valence-corrected chi connectivity index (χ1v) is 8.62. The Morgan fingerprint density at radius 3 is 2.64 bits per heavy atom. The topological polar surface area (TPSA) is 88.0 Å². The third-order valence-corrected chi connectivity index (χ3v) is 3.85. The molecule has 0 aliphatic heterocycles. The number of nitrogens with zero attached hydrogens (tertiary/aromatic N) is 2. The fraction of sp³-hybridized carbons (Fsp3) is 0.429. The minimum atomic E-state index is -3.65. The Kier molecular flexibility index (Phi) is 6.29. The van der Waals surface area contributed by atoms with E-state index in [1.54, 1.807) is 31.2 Å². The summed E-state index contributed by atoms with van der Waals surface area (Å²) in [6.07, 6.45) is 1.40. The third kappa shape index (κ3) is 6.85. The van der Waals surface area contributed by atoms with E-state index in [-0.39, 0.29) is 24.4 Å². The lowest BCUT2D eigenvalue weighted by Crippen LogP contribution is -2.43. The van der Waals surface area contributed by atoms with E-state index in [1.807, 2.05) is 21.1 Å². The Hall–Kier alpha value is -1.69. The van der Waals surface area contributed by atoms with E-state index >= 15 is 0 Å². The van der Waals surface area contributed by atoms with Gasteiger partial charge in [-0.3, -0.25) is 4.79 Å². The van der Waals surface area contributed by atoms with Crippen LogP contribution in [-0.4, -0.2) is 55.3 Å². The SMILES string of the molecule is CCP(=O)(O)Oc1ccccc1/C=N\NC(=O)C[N+](C)(C)C. The molecule has 0 aromatic heterocycles. The molecule has 0 radical (unpaired) electrons. The summed E-state index contributed by atoms with van der Waals surface area (Å²) in [5.74, 6) is 0.0309. The fourth-order valence-electron chi connectivity index (χ4n) is 1.53. The van der Waals surface area contributed by atoms with Gasteiger partial charge in [0, 0.05) is 5.56 Å². The number of quaternary nitrogens is 1. The Morgan fingerprint density at radius 1 is 1.41 bits per heavy atom. The maximum absolute atomic E-state index is 11.7. The van der Waals surface area contributed by atoms with Crippen LogP contribution >= 0.6 is 7.60 Å². The van der Waals surface area contributed by atoms with Gasteiger partial charge in [-0.2, -0.15) is 5.10 Å². The lowest BCUT2D eigenvalue weighted by atomic mass is 10.2. The summed E-state index contributed by atoms with van der Waals surface area (Å²) in [6.45, 7) is 1.86. The normalized spacial score (nSPS) is 14.6. The van der Waals surface area contributed by atoms with Crippen molar-refractivity contribution in [2.24, 2.45) is 5.10 Å². The molecule has 1 aromatic rings. The number of benzene rings is 1. The van der Waals surface area contributed by atoms with Crippen LogP contribution in [0, 0.1) is 0 Å². The first-order chi connectivity index (χ1) is 10.1. The highest BCUT2D eigenvalue weighted by Crippen LogP contribution is 2.42. The Balaban J connectivity index is 2.76. The van der Waals surface area contributed by atoms with Crippen molar-refractivity contribution >= 4 is 19.7 Å². The summed E-state index contributed by atoms with van der Waals surface area (Å²) in [7, 11) is 2.04. The van der Waals surface area contributed by atoms with Gasteiger partial charge in [-0.05, 0) is 12.1 Å². The first kappa shape index (κ1) is 18.4. The van der Waals surface area contributed by atoms with Gasteiger partial charge in [0.25, 0.3) is 5.91 Å². The highest BCUT2D eigenvalue weighted by Gasteiger charge is 2.19. The van der Waals surface area contributed by atoms with Gasteiger partial charge in [0.15, 0.2) is 6.54 Å². The van der Waals surface area contributed by atoms with Crippen molar-refractivity contribution in [2.45, 2.75) is 6.92 Å². The second-order valence-corrected chi connectivity index (χ2v) is 7.91. The van der Waals surface area contributed by atoms with Gasteiger partial charge < -0.3 is 13.9 Å². The molecule has 122 valence electrons. The zero-order valence-corrected chi connectivity index (χ0v) is 14.2. The van der Waals surface area contributed by atoms with Gasteiger partial charge in [-0.15, -0.1) is 0 Å². The van der Waals surface area contributed by atoms with E-state index in [0.717, 1.165) is 0 Å². The number of amides is 1. The van der Waals surface area contributed by atoms with Gasteiger partial charge >= 0.3 is 7.60 Å². The lowest BCUT2D eigenvalue weighted by Gasteiger charge is -2.22. The summed E-state index contributed by atoms with van der Waals surface area (Å²) in [5.41, 5.74) is 2.93. The smallest absolute Gasteiger partial charge is 0.376 e. The van der Waals surface area contributed by atoms with Crippen LogP contribution in [0.15, 0.2) is 29.4 Å². The van der Waals surface area contributed by atoms with E-state index in [4.69, 9.17) is 4.52 Å². The molecule has 0 aliphatic rings. The summed E-state index contributed by atoms with van der Waals surface area (Å²) in [4.78, 5) is 21.2. The van der Waals surface area contributed by atoms with Crippen molar-refractivity contribution in [2.75, 3.05) is 33.8 Å². The largest absolute Gasteiger partial charge is 0.424 e. The van der Waals surface area contributed by atoms with E-state index in [9.17, 15) is 14.3 Å². The molecule has 1 rings (SSSR count). The predicted molar refractivity (Wildman–Crippen MR) is 86.1 cm³/mol. The van der Waals surface area contributed by atoms with E-state index in [2.05, 4.69) is 10.5 Å². The number of hydrogen-bond donors (Lipinski definition) is 2. The molecule has 0 bridgehead atoms. The van der Waals surface area contributed by atoms with Crippen LogP contribution in [-0.2, 0) is 9.36 Å². The van der Waals surface area contributed by atoms with Gasteiger partial charge in [0.2, 0.25) is 0 Å². The minimum absolute atomic E-state index is 0.0126. The zero-order chi connectivity index (χ0) is 16.8. The van der Waals surface area contributed by atoms with Crippen LogP contribution in [0.4, 0.5) is 0 Å². The second kappa shape index (κ2) is 7.54. The molecule has 0 heterocycles. The zero-order valence-electron chi connectivity index (χ0n) is 13.3. The molecule has 1 amide bonds. The van der Waals surface area contributed by atoms with Gasteiger partial charge in [-0.25, -0.2) is 9.99 Å².